The lowest BCUT2D eigenvalue weighted by Crippen LogP contribution is -2.34. The fourth-order valence-corrected chi connectivity index (χ4v) is 3.73. The molecule has 0 spiro atoms. The first-order chi connectivity index (χ1) is 7.98. The van der Waals surface area contributed by atoms with Crippen LogP contribution in [-0.2, 0) is 23.4 Å². The van der Waals surface area contributed by atoms with Crippen LogP contribution in [0.15, 0.2) is 17.2 Å². The maximum absolute atomic E-state index is 11.5. The molecule has 0 radical (unpaired) electrons. The summed E-state index contributed by atoms with van der Waals surface area (Å²) in [5.41, 5.74) is -0.0501. The van der Waals surface area contributed by atoms with Crippen LogP contribution in [0.5, 0.6) is 0 Å². The van der Waals surface area contributed by atoms with Gasteiger partial charge in [-0.25, -0.2) is 13.2 Å². The van der Waals surface area contributed by atoms with Crippen LogP contribution in [0.3, 0.4) is 0 Å². The second kappa shape index (κ2) is 4.66. The molecule has 1 aliphatic rings. The van der Waals surface area contributed by atoms with Gasteiger partial charge in [-0.05, 0) is 6.42 Å². The number of imidazole rings is 1. The Kier molecular flexibility index (Phi) is 3.39. The molecule has 2 rings (SSSR count). The number of nitrogens with one attached hydrogen (secondary N) is 1. The summed E-state index contributed by atoms with van der Waals surface area (Å²) in [4.78, 5) is 11.5. The summed E-state index contributed by atoms with van der Waals surface area (Å²) in [6, 6.07) is 0.0411. The Labute approximate surface area is 100 Å². The average Bonchev–Trinajstić information content (AvgIpc) is 2.75. The van der Waals surface area contributed by atoms with Gasteiger partial charge >= 0.3 is 5.69 Å². The van der Waals surface area contributed by atoms with E-state index in [2.05, 4.69) is 5.32 Å². The number of rotatable bonds is 4. The Morgan fingerprint density at radius 1 is 1.47 bits per heavy atom. The zero-order valence-corrected chi connectivity index (χ0v) is 10.6. The van der Waals surface area contributed by atoms with E-state index in [-0.39, 0.29) is 23.2 Å². The maximum atomic E-state index is 11.5. The van der Waals surface area contributed by atoms with Crippen molar-refractivity contribution in [3.05, 3.63) is 22.9 Å². The summed E-state index contributed by atoms with van der Waals surface area (Å²) in [6.45, 7) is 1.18. The van der Waals surface area contributed by atoms with Gasteiger partial charge < -0.3 is 9.88 Å². The Morgan fingerprint density at radius 3 is 2.76 bits per heavy atom. The second-order valence-electron chi connectivity index (χ2n) is 4.44. The normalized spacial score (nSPS) is 23.0. The topological polar surface area (TPSA) is 73.1 Å². The molecular formula is C10H17N3O3S. The van der Waals surface area contributed by atoms with Gasteiger partial charge in [0.2, 0.25) is 0 Å². The first kappa shape index (κ1) is 12.4. The first-order valence-electron chi connectivity index (χ1n) is 5.63. The van der Waals surface area contributed by atoms with Gasteiger partial charge in [-0.15, -0.1) is 0 Å². The number of nitrogens with zero attached hydrogens (tertiary/aromatic N) is 2. The van der Waals surface area contributed by atoms with Gasteiger partial charge in [0.1, 0.15) is 0 Å². The standard InChI is InChI=1S/C10H17N3O3S/c1-12-5-6-13(10(12)14)4-3-11-9-2-7-17(15,16)8-9/h5-6,9,11H,2-4,7-8H2,1H3. The van der Waals surface area contributed by atoms with E-state index in [4.69, 9.17) is 0 Å². The summed E-state index contributed by atoms with van der Waals surface area (Å²) < 4.78 is 25.6. The van der Waals surface area contributed by atoms with Gasteiger partial charge in [-0.3, -0.25) is 4.57 Å². The van der Waals surface area contributed by atoms with E-state index in [0.717, 1.165) is 0 Å². The van der Waals surface area contributed by atoms with Crippen molar-refractivity contribution in [3.8, 4) is 0 Å². The monoisotopic (exact) mass is 259 g/mol. The molecule has 1 aromatic heterocycles. The Bertz CT molecular complexity index is 543. The van der Waals surface area contributed by atoms with Gasteiger partial charge in [0, 0.05) is 38.6 Å². The molecule has 0 aliphatic carbocycles. The number of sulfone groups is 1. The zero-order valence-electron chi connectivity index (χ0n) is 9.80. The Morgan fingerprint density at radius 2 is 2.24 bits per heavy atom. The third-order valence-corrected chi connectivity index (χ3v) is 4.80. The van der Waals surface area contributed by atoms with Crippen LogP contribution in [0.1, 0.15) is 6.42 Å². The number of hydrogen-bond donors (Lipinski definition) is 1. The van der Waals surface area contributed by atoms with Crippen molar-refractivity contribution in [3.63, 3.8) is 0 Å². The molecule has 1 saturated heterocycles. The molecule has 17 heavy (non-hydrogen) atoms. The summed E-state index contributed by atoms with van der Waals surface area (Å²) in [5, 5.41) is 3.17. The SMILES string of the molecule is Cn1ccn(CCNC2CCS(=O)(=O)C2)c1=O. The smallest absolute Gasteiger partial charge is 0.311 e. The predicted molar refractivity (Wildman–Crippen MR) is 64.7 cm³/mol. The number of aryl methyl sites for hydroxylation is 1. The largest absolute Gasteiger partial charge is 0.327 e. The summed E-state index contributed by atoms with van der Waals surface area (Å²) in [5.74, 6) is 0.493. The highest BCUT2D eigenvalue weighted by atomic mass is 32.2. The van der Waals surface area contributed by atoms with E-state index in [9.17, 15) is 13.2 Å². The summed E-state index contributed by atoms with van der Waals surface area (Å²) in [7, 11) is -1.13. The van der Waals surface area contributed by atoms with Gasteiger partial charge in [-0.2, -0.15) is 0 Å². The molecule has 7 heteroatoms. The molecule has 1 N–H and O–H groups in total. The van der Waals surface area contributed by atoms with Gasteiger partial charge in [0.15, 0.2) is 9.84 Å². The quantitative estimate of drug-likeness (QED) is 0.750. The molecule has 96 valence electrons. The van der Waals surface area contributed by atoms with Crippen LogP contribution in [-0.4, -0.2) is 41.6 Å². The van der Waals surface area contributed by atoms with Crippen molar-refractivity contribution in [2.45, 2.75) is 19.0 Å². The molecule has 1 aliphatic heterocycles. The van der Waals surface area contributed by atoms with E-state index in [0.29, 0.717) is 19.5 Å². The minimum Gasteiger partial charge on any atom is -0.311 e. The molecule has 2 heterocycles. The molecule has 0 saturated carbocycles. The average molecular weight is 259 g/mol. The second-order valence-corrected chi connectivity index (χ2v) is 6.67. The molecule has 1 aromatic rings. The van der Waals surface area contributed by atoms with Crippen molar-refractivity contribution in [1.29, 1.82) is 0 Å². The van der Waals surface area contributed by atoms with Crippen LogP contribution in [0.2, 0.25) is 0 Å². The molecule has 0 bridgehead atoms. The van der Waals surface area contributed by atoms with E-state index >= 15 is 0 Å². The summed E-state index contributed by atoms with van der Waals surface area (Å²) >= 11 is 0. The lowest BCUT2D eigenvalue weighted by atomic mass is 10.3. The van der Waals surface area contributed by atoms with Crippen molar-refractivity contribution in [1.82, 2.24) is 14.5 Å². The molecule has 1 unspecified atom stereocenters. The first-order valence-corrected chi connectivity index (χ1v) is 7.46. The minimum atomic E-state index is -2.83. The lowest BCUT2D eigenvalue weighted by molar-refractivity contribution is 0.512. The van der Waals surface area contributed by atoms with Crippen LogP contribution < -0.4 is 11.0 Å². The van der Waals surface area contributed by atoms with Crippen LogP contribution >= 0.6 is 0 Å². The highest BCUT2D eigenvalue weighted by Crippen LogP contribution is 2.10. The van der Waals surface area contributed by atoms with E-state index in [1.807, 2.05) is 0 Å². The van der Waals surface area contributed by atoms with Crippen molar-refractivity contribution >= 4 is 9.84 Å². The van der Waals surface area contributed by atoms with Gasteiger partial charge in [-0.1, -0.05) is 0 Å². The van der Waals surface area contributed by atoms with Crippen LogP contribution in [0.25, 0.3) is 0 Å². The predicted octanol–water partition coefficient (Wildman–Crippen LogP) is -1.04. The van der Waals surface area contributed by atoms with E-state index < -0.39 is 9.84 Å². The molecule has 6 nitrogen and oxygen atoms in total. The zero-order chi connectivity index (χ0) is 12.5. The maximum Gasteiger partial charge on any atom is 0.327 e. The number of hydrogen-bond acceptors (Lipinski definition) is 4. The molecule has 0 amide bonds. The number of aromatic nitrogens is 2. The molecular weight excluding hydrogens is 242 g/mol. The summed E-state index contributed by atoms with van der Waals surface area (Å²) in [6.07, 6.45) is 4.11. The lowest BCUT2D eigenvalue weighted by Gasteiger charge is -2.10. The third-order valence-electron chi connectivity index (χ3n) is 3.04. The fourth-order valence-electron chi connectivity index (χ4n) is 2.03. The Balaban J connectivity index is 1.81. The van der Waals surface area contributed by atoms with Gasteiger partial charge in [0.05, 0.1) is 11.5 Å². The minimum absolute atomic E-state index is 0.0411. The highest BCUT2D eigenvalue weighted by molar-refractivity contribution is 7.91. The highest BCUT2D eigenvalue weighted by Gasteiger charge is 2.26. The van der Waals surface area contributed by atoms with Gasteiger partial charge in [0.25, 0.3) is 0 Å². The van der Waals surface area contributed by atoms with Crippen molar-refractivity contribution in [2.24, 2.45) is 7.05 Å². The molecule has 1 fully saturated rings. The molecule has 1 atom stereocenters. The van der Waals surface area contributed by atoms with E-state index in [1.165, 1.54) is 4.57 Å². The van der Waals surface area contributed by atoms with Crippen LogP contribution in [0, 0.1) is 0 Å². The molecule has 0 aromatic carbocycles. The van der Waals surface area contributed by atoms with Crippen molar-refractivity contribution in [2.75, 3.05) is 18.1 Å². The fraction of sp³-hybridized carbons (Fsp3) is 0.700. The van der Waals surface area contributed by atoms with E-state index in [1.54, 1.807) is 24.0 Å². The van der Waals surface area contributed by atoms with Crippen LogP contribution in [0.4, 0.5) is 0 Å². The Hall–Kier alpha value is -1.08. The third kappa shape index (κ3) is 2.98. The van der Waals surface area contributed by atoms with Crippen molar-refractivity contribution < 1.29 is 8.42 Å².